The molecule has 20 heavy (non-hydrogen) atoms. The van der Waals surface area contributed by atoms with Gasteiger partial charge in [-0.2, -0.15) is 0 Å². The smallest absolute Gasteiger partial charge is 0.137 e. The van der Waals surface area contributed by atoms with Crippen molar-refractivity contribution in [3.05, 3.63) is 69.9 Å². The molecule has 1 fully saturated rings. The van der Waals surface area contributed by atoms with Crippen molar-refractivity contribution in [2.75, 3.05) is 0 Å². The molecule has 3 atom stereocenters. The molecule has 3 heteroatoms. The van der Waals surface area contributed by atoms with E-state index in [1.165, 1.54) is 11.6 Å². The number of halogens is 2. The van der Waals surface area contributed by atoms with Gasteiger partial charge in [0.05, 0.1) is 4.47 Å². The molecule has 104 valence electrons. The maximum atomic E-state index is 13.5. The second-order valence-corrected chi connectivity index (χ2v) is 6.29. The Balaban J connectivity index is 1.67. The van der Waals surface area contributed by atoms with Gasteiger partial charge in [-0.05, 0) is 57.8 Å². The lowest BCUT2D eigenvalue weighted by Gasteiger charge is -2.13. The van der Waals surface area contributed by atoms with Crippen LogP contribution < -0.4 is 5.73 Å². The van der Waals surface area contributed by atoms with Crippen LogP contribution in [0, 0.1) is 11.7 Å². The summed E-state index contributed by atoms with van der Waals surface area (Å²) in [6.07, 6.45) is 1.85. The zero-order chi connectivity index (χ0) is 14.1. The summed E-state index contributed by atoms with van der Waals surface area (Å²) in [5.74, 6) is 0.858. The molecule has 0 amide bonds. The molecular weight excluding hydrogens is 317 g/mol. The fraction of sp³-hybridized carbons (Fsp3) is 0.294. The highest BCUT2D eigenvalue weighted by Gasteiger charge is 2.42. The van der Waals surface area contributed by atoms with Crippen molar-refractivity contribution in [2.24, 2.45) is 11.7 Å². The van der Waals surface area contributed by atoms with Crippen molar-refractivity contribution in [1.82, 2.24) is 0 Å². The molecule has 0 heterocycles. The molecule has 2 N–H and O–H groups in total. The van der Waals surface area contributed by atoms with Gasteiger partial charge in [0.25, 0.3) is 0 Å². The van der Waals surface area contributed by atoms with Crippen LogP contribution in [0.2, 0.25) is 0 Å². The Hall–Kier alpha value is -1.19. The molecule has 0 spiro atoms. The zero-order valence-corrected chi connectivity index (χ0v) is 12.7. The first-order valence-corrected chi connectivity index (χ1v) is 7.69. The third kappa shape index (κ3) is 2.79. The van der Waals surface area contributed by atoms with Gasteiger partial charge in [0.1, 0.15) is 5.82 Å². The van der Waals surface area contributed by atoms with E-state index in [4.69, 9.17) is 5.73 Å². The fourth-order valence-electron chi connectivity index (χ4n) is 2.88. The van der Waals surface area contributed by atoms with E-state index in [1.807, 2.05) is 12.1 Å². The monoisotopic (exact) mass is 333 g/mol. The predicted octanol–water partition coefficient (Wildman–Crippen LogP) is 4.26. The van der Waals surface area contributed by atoms with E-state index in [0.29, 0.717) is 22.7 Å². The Morgan fingerprint density at radius 1 is 1.15 bits per heavy atom. The first-order valence-electron chi connectivity index (χ1n) is 6.90. The van der Waals surface area contributed by atoms with Crippen LogP contribution in [-0.4, -0.2) is 6.04 Å². The molecule has 1 nitrogen and oxygen atoms in total. The lowest BCUT2D eigenvalue weighted by atomic mass is 9.99. The second kappa shape index (κ2) is 5.66. The van der Waals surface area contributed by atoms with Crippen LogP contribution in [-0.2, 0) is 6.42 Å². The van der Waals surface area contributed by atoms with Crippen molar-refractivity contribution in [3.63, 3.8) is 0 Å². The van der Waals surface area contributed by atoms with Crippen LogP contribution in [0.15, 0.2) is 53.0 Å². The van der Waals surface area contributed by atoms with Crippen LogP contribution >= 0.6 is 15.9 Å². The lowest BCUT2D eigenvalue weighted by molar-refractivity contribution is 0.569. The Morgan fingerprint density at radius 2 is 1.90 bits per heavy atom. The summed E-state index contributed by atoms with van der Waals surface area (Å²) in [6, 6.07) is 15.7. The maximum Gasteiger partial charge on any atom is 0.137 e. The quantitative estimate of drug-likeness (QED) is 0.888. The summed E-state index contributed by atoms with van der Waals surface area (Å²) in [7, 11) is 0. The van der Waals surface area contributed by atoms with Gasteiger partial charge in [-0.25, -0.2) is 4.39 Å². The van der Waals surface area contributed by atoms with Gasteiger partial charge in [0.2, 0.25) is 0 Å². The van der Waals surface area contributed by atoms with E-state index >= 15 is 0 Å². The molecule has 0 radical (unpaired) electrons. The highest BCUT2D eigenvalue weighted by atomic mass is 79.9. The van der Waals surface area contributed by atoms with Gasteiger partial charge >= 0.3 is 0 Å². The third-order valence-corrected chi connectivity index (χ3v) is 4.99. The van der Waals surface area contributed by atoms with Crippen molar-refractivity contribution in [1.29, 1.82) is 0 Å². The zero-order valence-electron chi connectivity index (χ0n) is 11.1. The minimum Gasteiger partial charge on any atom is -0.327 e. The molecule has 1 aliphatic rings. The van der Waals surface area contributed by atoms with E-state index in [0.717, 1.165) is 12.0 Å². The van der Waals surface area contributed by atoms with Crippen LogP contribution in [0.3, 0.4) is 0 Å². The van der Waals surface area contributed by atoms with Crippen LogP contribution in [0.4, 0.5) is 4.39 Å². The Bertz CT molecular complexity index is 599. The number of hydrogen-bond acceptors (Lipinski definition) is 1. The molecular formula is C17H17BrFN. The lowest BCUT2D eigenvalue weighted by Crippen LogP contribution is -2.26. The molecule has 3 rings (SSSR count). The molecule has 0 saturated heterocycles. The van der Waals surface area contributed by atoms with Crippen LogP contribution in [0.5, 0.6) is 0 Å². The van der Waals surface area contributed by atoms with Gasteiger partial charge in [-0.1, -0.05) is 42.5 Å². The minimum absolute atomic E-state index is 0.0818. The summed E-state index contributed by atoms with van der Waals surface area (Å²) in [6.45, 7) is 0. The van der Waals surface area contributed by atoms with Gasteiger partial charge < -0.3 is 5.73 Å². The Morgan fingerprint density at radius 3 is 2.65 bits per heavy atom. The van der Waals surface area contributed by atoms with E-state index in [-0.39, 0.29) is 11.9 Å². The van der Waals surface area contributed by atoms with Crippen molar-refractivity contribution >= 4 is 15.9 Å². The Labute approximate surface area is 127 Å². The Kier molecular flexibility index (Phi) is 3.90. The average molecular weight is 334 g/mol. The highest BCUT2D eigenvalue weighted by Crippen LogP contribution is 2.49. The van der Waals surface area contributed by atoms with Crippen LogP contribution in [0.25, 0.3) is 0 Å². The summed E-state index contributed by atoms with van der Waals surface area (Å²) >= 11 is 3.31. The molecule has 2 aromatic carbocycles. The minimum atomic E-state index is -0.217. The largest absolute Gasteiger partial charge is 0.327 e. The number of rotatable bonds is 4. The second-order valence-electron chi connectivity index (χ2n) is 5.50. The summed E-state index contributed by atoms with van der Waals surface area (Å²) in [5.41, 5.74) is 8.64. The number of benzene rings is 2. The van der Waals surface area contributed by atoms with Crippen molar-refractivity contribution in [2.45, 2.75) is 24.8 Å². The third-order valence-electron chi connectivity index (χ3n) is 4.10. The molecule has 2 aromatic rings. The normalized spacial score (nSPS) is 22.6. The van der Waals surface area contributed by atoms with Crippen molar-refractivity contribution in [3.8, 4) is 0 Å². The molecule has 1 aliphatic carbocycles. The summed E-state index contributed by atoms with van der Waals surface area (Å²) in [5, 5.41) is 0. The molecule has 3 unspecified atom stereocenters. The van der Waals surface area contributed by atoms with Gasteiger partial charge in [-0.15, -0.1) is 0 Å². The maximum absolute atomic E-state index is 13.5. The van der Waals surface area contributed by atoms with Gasteiger partial charge in [0.15, 0.2) is 0 Å². The highest BCUT2D eigenvalue weighted by molar-refractivity contribution is 9.10. The predicted molar refractivity (Wildman–Crippen MR) is 83.1 cm³/mol. The van der Waals surface area contributed by atoms with Crippen LogP contribution in [0.1, 0.15) is 23.5 Å². The average Bonchev–Trinajstić information content (AvgIpc) is 3.25. The summed E-state index contributed by atoms with van der Waals surface area (Å²) < 4.78 is 14.0. The molecule has 0 bridgehead atoms. The standard InChI is InChI=1S/C17H17BrFN/c18-17-12(7-4-8-15(17)19)9-16(20)14-10-13(14)11-5-2-1-3-6-11/h1-8,13-14,16H,9-10,20H2. The number of nitrogens with two attached hydrogens (primary N) is 1. The molecule has 1 saturated carbocycles. The first-order chi connectivity index (χ1) is 9.66. The molecule has 0 aromatic heterocycles. The van der Waals surface area contributed by atoms with Gasteiger partial charge in [-0.3, -0.25) is 0 Å². The van der Waals surface area contributed by atoms with E-state index in [2.05, 4.69) is 40.2 Å². The van der Waals surface area contributed by atoms with Gasteiger partial charge in [0, 0.05) is 6.04 Å². The fourth-order valence-corrected chi connectivity index (χ4v) is 3.31. The summed E-state index contributed by atoms with van der Waals surface area (Å²) in [4.78, 5) is 0. The van der Waals surface area contributed by atoms with E-state index < -0.39 is 0 Å². The van der Waals surface area contributed by atoms with E-state index in [1.54, 1.807) is 6.07 Å². The topological polar surface area (TPSA) is 26.0 Å². The number of hydrogen-bond donors (Lipinski definition) is 1. The SMILES string of the molecule is NC(Cc1cccc(F)c1Br)C1CC1c1ccccc1. The first kappa shape index (κ1) is 13.8. The van der Waals surface area contributed by atoms with Crippen molar-refractivity contribution < 1.29 is 4.39 Å². The van der Waals surface area contributed by atoms with E-state index in [9.17, 15) is 4.39 Å². The molecule has 0 aliphatic heterocycles.